The van der Waals surface area contributed by atoms with E-state index in [2.05, 4.69) is 50.4 Å². The average molecular weight is 288 g/mol. The Bertz CT molecular complexity index is 502. The topological polar surface area (TPSA) is 55.1 Å². The summed E-state index contributed by atoms with van der Waals surface area (Å²) in [7, 11) is 0. The van der Waals surface area contributed by atoms with Gasteiger partial charge in [0.1, 0.15) is 0 Å². The Morgan fingerprint density at radius 2 is 1.95 bits per heavy atom. The summed E-state index contributed by atoms with van der Waals surface area (Å²) in [5.74, 6) is 0. The molecule has 0 saturated heterocycles. The van der Waals surface area contributed by atoms with Gasteiger partial charge < -0.3 is 11.1 Å². The van der Waals surface area contributed by atoms with E-state index in [9.17, 15) is 4.79 Å². The van der Waals surface area contributed by atoms with Crippen LogP contribution in [0.25, 0.3) is 0 Å². The molecule has 2 amide bonds. The zero-order valence-corrected chi connectivity index (χ0v) is 13.5. The molecule has 1 fully saturated rings. The van der Waals surface area contributed by atoms with Gasteiger partial charge in [0, 0.05) is 6.54 Å². The first-order valence-electron chi connectivity index (χ1n) is 8.00. The number of nitrogens with one attached hydrogen (secondary N) is 1. The third-order valence-corrected chi connectivity index (χ3v) is 5.41. The predicted molar refractivity (Wildman–Crippen MR) is 87.3 cm³/mol. The number of nitrogens with two attached hydrogens (primary N) is 1. The zero-order valence-electron chi connectivity index (χ0n) is 13.5. The number of carbonyl (C=O) groups excluding carboxylic acids is 1. The lowest BCUT2D eigenvalue weighted by Gasteiger charge is -2.45. The molecule has 3 heteroatoms. The number of hydrogen-bond acceptors (Lipinski definition) is 1. The minimum Gasteiger partial charge on any atom is -0.352 e. The quantitative estimate of drug-likeness (QED) is 0.867. The van der Waals surface area contributed by atoms with Gasteiger partial charge in [-0.05, 0) is 55.4 Å². The van der Waals surface area contributed by atoms with Crippen molar-refractivity contribution in [2.45, 2.75) is 58.3 Å². The lowest BCUT2D eigenvalue weighted by Crippen LogP contribution is -2.43. The molecule has 1 aliphatic rings. The normalized spacial score (nSPS) is 29.1. The van der Waals surface area contributed by atoms with Crippen LogP contribution in [-0.2, 0) is 5.41 Å². The molecular formula is C18H28N2O. The number of primary amides is 1. The van der Waals surface area contributed by atoms with Crippen molar-refractivity contribution in [2.75, 3.05) is 6.54 Å². The largest absolute Gasteiger partial charge is 0.352 e. The van der Waals surface area contributed by atoms with Gasteiger partial charge >= 0.3 is 6.03 Å². The molecule has 3 N–H and O–H groups in total. The summed E-state index contributed by atoms with van der Waals surface area (Å²) in [5, 5.41) is 2.79. The van der Waals surface area contributed by atoms with E-state index in [1.807, 2.05) is 0 Å². The number of benzene rings is 1. The number of amides is 2. The van der Waals surface area contributed by atoms with Crippen LogP contribution in [-0.4, -0.2) is 12.6 Å². The number of carbonyl (C=O) groups is 1. The number of rotatable bonds is 4. The maximum atomic E-state index is 10.9. The van der Waals surface area contributed by atoms with Crippen molar-refractivity contribution in [1.82, 2.24) is 5.32 Å². The van der Waals surface area contributed by atoms with E-state index < -0.39 is 6.03 Å². The Labute approximate surface area is 128 Å². The monoisotopic (exact) mass is 288 g/mol. The average Bonchev–Trinajstić information content (AvgIpc) is 2.47. The first-order valence-corrected chi connectivity index (χ1v) is 8.00. The highest BCUT2D eigenvalue weighted by Crippen LogP contribution is 2.48. The fourth-order valence-corrected chi connectivity index (χ4v) is 3.63. The van der Waals surface area contributed by atoms with E-state index >= 15 is 0 Å². The summed E-state index contributed by atoms with van der Waals surface area (Å²) in [5.41, 5.74) is 8.51. The van der Waals surface area contributed by atoms with Gasteiger partial charge in [0.15, 0.2) is 0 Å². The summed E-state index contributed by atoms with van der Waals surface area (Å²) >= 11 is 0. The minimum absolute atomic E-state index is 0.178. The molecule has 0 bridgehead atoms. The molecule has 1 aromatic carbocycles. The van der Waals surface area contributed by atoms with Crippen LogP contribution < -0.4 is 11.1 Å². The fraction of sp³-hybridized carbons (Fsp3) is 0.611. The maximum absolute atomic E-state index is 10.9. The first-order chi connectivity index (χ1) is 9.89. The Kier molecular flexibility index (Phi) is 4.60. The van der Waals surface area contributed by atoms with Gasteiger partial charge in [0.05, 0.1) is 0 Å². The van der Waals surface area contributed by atoms with Gasteiger partial charge in [-0.2, -0.15) is 0 Å². The van der Waals surface area contributed by atoms with E-state index in [0.29, 0.717) is 12.0 Å². The standard InChI is InChI=1S/C18H28N2O/c1-4-18(15-7-5-6-14(2)12-15)10-8-17(3,9-11-18)13-20-16(19)21/h5-7,12H,4,8-11,13H2,1-3H3,(H3,19,20,21)/t17-,18+. The molecule has 0 radical (unpaired) electrons. The Morgan fingerprint density at radius 3 is 2.48 bits per heavy atom. The van der Waals surface area contributed by atoms with Gasteiger partial charge in [0.25, 0.3) is 0 Å². The van der Waals surface area contributed by atoms with Crippen molar-refractivity contribution in [2.24, 2.45) is 11.1 Å². The SMILES string of the molecule is CC[C@]1(c2cccc(C)c2)CC[C@@](C)(CNC(N)=O)CC1. The first kappa shape index (κ1) is 15.9. The molecule has 21 heavy (non-hydrogen) atoms. The third kappa shape index (κ3) is 3.58. The smallest absolute Gasteiger partial charge is 0.312 e. The van der Waals surface area contributed by atoms with Gasteiger partial charge in [-0.15, -0.1) is 0 Å². The lowest BCUT2D eigenvalue weighted by molar-refractivity contribution is 0.139. The maximum Gasteiger partial charge on any atom is 0.312 e. The van der Waals surface area contributed by atoms with Crippen molar-refractivity contribution < 1.29 is 4.79 Å². The van der Waals surface area contributed by atoms with Crippen LogP contribution in [0.4, 0.5) is 4.79 Å². The number of aryl methyl sites for hydroxylation is 1. The van der Waals surface area contributed by atoms with Crippen molar-refractivity contribution in [3.8, 4) is 0 Å². The summed E-state index contributed by atoms with van der Waals surface area (Å²) in [6.07, 6.45) is 5.81. The highest BCUT2D eigenvalue weighted by molar-refractivity contribution is 5.71. The molecule has 116 valence electrons. The van der Waals surface area contributed by atoms with Crippen molar-refractivity contribution in [3.63, 3.8) is 0 Å². The molecule has 1 aliphatic carbocycles. The number of hydrogen-bond donors (Lipinski definition) is 2. The van der Waals surface area contributed by atoms with E-state index in [1.165, 1.54) is 30.4 Å². The van der Waals surface area contributed by atoms with Gasteiger partial charge in [-0.1, -0.05) is 43.7 Å². The van der Waals surface area contributed by atoms with Crippen LogP contribution in [0.15, 0.2) is 24.3 Å². The highest BCUT2D eigenvalue weighted by atomic mass is 16.2. The second-order valence-corrected chi connectivity index (χ2v) is 7.03. The Hall–Kier alpha value is -1.51. The predicted octanol–water partition coefficient (Wildman–Crippen LogP) is 3.89. The lowest BCUT2D eigenvalue weighted by atomic mass is 9.60. The molecule has 1 saturated carbocycles. The van der Waals surface area contributed by atoms with Crippen molar-refractivity contribution in [3.05, 3.63) is 35.4 Å². The van der Waals surface area contributed by atoms with Crippen LogP contribution in [0.2, 0.25) is 0 Å². The van der Waals surface area contributed by atoms with Crippen molar-refractivity contribution >= 4 is 6.03 Å². The van der Waals surface area contributed by atoms with E-state index in [-0.39, 0.29) is 5.41 Å². The van der Waals surface area contributed by atoms with Crippen molar-refractivity contribution in [1.29, 1.82) is 0 Å². The second kappa shape index (κ2) is 6.08. The summed E-state index contributed by atoms with van der Waals surface area (Å²) in [6, 6.07) is 8.54. The molecule has 0 heterocycles. The fourth-order valence-electron chi connectivity index (χ4n) is 3.63. The number of urea groups is 1. The summed E-state index contributed by atoms with van der Waals surface area (Å²) in [4.78, 5) is 10.9. The molecule has 0 spiro atoms. The minimum atomic E-state index is -0.415. The zero-order chi connectivity index (χ0) is 15.5. The molecular weight excluding hydrogens is 260 g/mol. The second-order valence-electron chi connectivity index (χ2n) is 7.03. The van der Waals surface area contributed by atoms with Crippen LogP contribution >= 0.6 is 0 Å². The molecule has 2 rings (SSSR count). The molecule has 0 atom stereocenters. The van der Waals surface area contributed by atoms with Crippen LogP contribution in [0.5, 0.6) is 0 Å². The van der Waals surface area contributed by atoms with E-state index in [1.54, 1.807) is 0 Å². The van der Waals surface area contributed by atoms with Gasteiger partial charge in [-0.25, -0.2) is 4.79 Å². The van der Waals surface area contributed by atoms with E-state index in [4.69, 9.17) is 5.73 Å². The molecule has 0 unspecified atom stereocenters. The van der Waals surface area contributed by atoms with Gasteiger partial charge in [0.2, 0.25) is 0 Å². The summed E-state index contributed by atoms with van der Waals surface area (Å²) < 4.78 is 0. The molecule has 0 aliphatic heterocycles. The van der Waals surface area contributed by atoms with Crippen LogP contribution in [0.3, 0.4) is 0 Å². The molecule has 1 aromatic rings. The highest BCUT2D eigenvalue weighted by Gasteiger charge is 2.40. The third-order valence-electron chi connectivity index (χ3n) is 5.41. The van der Waals surface area contributed by atoms with Crippen LogP contribution in [0, 0.1) is 12.3 Å². The van der Waals surface area contributed by atoms with Gasteiger partial charge in [-0.3, -0.25) is 0 Å². The summed E-state index contributed by atoms with van der Waals surface area (Å²) in [6.45, 7) is 7.41. The molecule has 0 aromatic heterocycles. The Balaban J connectivity index is 2.11. The molecule has 3 nitrogen and oxygen atoms in total. The van der Waals surface area contributed by atoms with Crippen LogP contribution in [0.1, 0.15) is 57.1 Å². The Morgan fingerprint density at radius 1 is 1.29 bits per heavy atom. The van der Waals surface area contributed by atoms with E-state index in [0.717, 1.165) is 12.8 Å².